The summed E-state index contributed by atoms with van der Waals surface area (Å²) in [6.45, 7) is 0.526. The number of rotatable bonds is 1. The van der Waals surface area contributed by atoms with Gasteiger partial charge in [0.1, 0.15) is 5.82 Å². The highest BCUT2D eigenvalue weighted by Crippen LogP contribution is 2.27. The van der Waals surface area contributed by atoms with Crippen LogP contribution in [0.25, 0.3) is 11.0 Å². The number of nitrogens with zero attached hydrogens (tertiary/aromatic N) is 1. The van der Waals surface area contributed by atoms with Gasteiger partial charge in [0, 0.05) is 19.0 Å². The number of nitrogens with one attached hydrogen (secondary N) is 2. The zero-order valence-electron chi connectivity index (χ0n) is 9.87. The standard InChI is InChI=1S/C12H11BrFN3OS/c13-7-3-9-10(4-8(7)14)17(12(19)16-9)6-1-2-11(18)15-5-6/h3-4,6H,1-2,5H2,(H,15,18)(H,16,19). The summed E-state index contributed by atoms with van der Waals surface area (Å²) in [5, 5.41) is 2.82. The largest absolute Gasteiger partial charge is 0.354 e. The molecule has 4 nitrogen and oxygen atoms in total. The number of H-pyrrole nitrogens is 1. The molecule has 1 amide bonds. The van der Waals surface area contributed by atoms with E-state index in [1.807, 2.05) is 4.57 Å². The molecule has 19 heavy (non-hydrogen) atoms. The number of benzene rings is 1. The molecule has 100 valence electrons. The Bertz CT molecular complexity index is 714. The molecule has 1 unspecified atom stereocenters. The lowest BCUT2D eigenvalue weighted by Gasteiger charge is -2.24. The molecule has 2 heterocycles. The molecular weight excluding hydrogens is 333 g/mol. The molecule has 0 spiro atoms. The first-order valence-electron chi connectivity index (χ1n) is 5.92. The fraction of sp³-hybridized carbons (Fsp3) is 0.333. The van der Waals surface area contributed by atoms with Gasteiger partial charge in [-0.3, -0.25) is 4.79 Å². The zero-order valence-corrected chi connectivity index (χ0v) is 12.3. The third-order valence-electron chi connectivity index (χ3n) is 3.36. The summed E-state index contributed by atoms with van der Waals surface area (Å²) in [6.07, 6.45) is 1.18. The van der Waals surface area contributed by atoms with Crippen LogP contribution in [0.1, 0.15) is 18.9 Å². The number of aromatic nitrogens is 2. The predicted molar refractivity (Wildman–Crippen MR) is 76.1 cm³/mol. The smallest absolute Gasteiger partial charge is 0.220 e. The van der Waals surface area contributed by atoms with E-state index in [9.17, 15) is 9.18 Å². The maximum absolute atomic E-state index is 13.7. The molecule has 1 atom stereocenters. The summed E-state index contributed by atoms with van der Waals surface area (Å²) in [4.78, 5) is 14.3. The van der Waals surface area contributed by atoms with E-state index in [1.54, 1.807) is 6.07 Å². The number of fused-ring (bicyclic) bond motifs is 1. The fourth-order valence-electron chi connectivity index (χ4n) is 2.42. The summed E-state index contributed by atoms with van der Waals surface area (Å²) in [6, 6.07) is 3.21. The first-order valence-corrected chi connectivity index (χ1v) is 7.12. The van der Waals surface area contributed by atoms with E-state index in [-0.39, 0.29) is 17.8 Å². The maximum atomic E-state index is 13.7. The molecular formula is C12H11BrFN3OS. The van der Waals surface area contributed by atoms with Crippen LogP contribution in [0.2, 0.25) is 0 Å². The van der Waals surface area contributed by atoms with E-state index in [4.69, 9.17) is 12.2 Å². The first-order chi connectivity index (χ1) is 9.06. The van der Waals surface area contributed by atoms with Gasteiger partial charge in [0.05, 0.1) is 21.5 Å². The third-order valence-corrected chi connectivity index (χ3v) is 4.27. The highest BCUT2D eigenvalue weighted by Gasteiger charge is 2.22. The quantitative estimate of drug-likeness (QED) is 0.782. The van der Waals surface area contributed by atoms with E-state index in [1.165, 1.54) is 6.07 Å². The minimum absolute atomic E-state index is 0.0523. The molecule has 0 saturated carbocycles. The molecule has 1 aromatic carbocycles. The van der Waals surface area contributed by atoms with Crippen molar-refractivity contribution < 1.29 is 9.18 Å². The Morgan fingerprint density at radius 2 is 2.26 bits per heavy atom. The Morgan fingerprint density at radius 3 is 2.95 bits per heavy atom. The average molecular weight is 344 g/mol. The summed E-state index contributed by atoms with van der Waals surface area (Å²) < 4.78 is 16.5. The Kier molecular flexibility index (Phi) is 3.18. The maximum Gasteiger partial charge on any atom is 0.220 e. The van der Waals surface area contributed by atoms with Crippen LogP contribution >= 0.6 is 28.1 Å². The topological polar surface area (TPSA) is 49.8 Å². The van der Waals surface area contributed by atoms with Gasteiger partial charge in [0.15, 0.2) is 4.77 Å². The molecule has 1 fully saturated rings. The molecule has 3 rings (SSSR count). The highest BCUT2D eigenvalue weighted by molar-refractivity contribution is 9.10. The molecule has 0 aliphatic carbocycles. The fourth-order valence-corrected chi connectivity index (χ4v) is 3.12. The van der Waals surface area contributed by atoms with E-state index in [2.05, 4.69) is 26.2 Å². The van der Waals surface area contributed by atoms with Gasteiger partial charge in [0.25, 0.3) is 0 Å². The summed E-state index contributed by atoms with van der Waals surface area (Å²) >= 11 is 8.47. The van der Waals surface area contributed by atoms with Gasteiger partial charge in [-0.15, -0.1) is 0 Å². The molecule has 7 heteroatoms. The van der Waals surface area contributed by atoms with Crippen molar-refractivity contribution in [3.8, 4) is 0 Å². The van der Waals surface area contributed by atoms with Crippen LogP contribution in [-0.2, 0) is 4.79 Å². The van der Waals surface area contributed by atoms with Gasteiger partial charge in [-0.25, -0.2) is 4.39 Å². The van der Waals surface area contributed by atoms with Crippen LogP contribution in [0.4, 0.5) is 4.39 Å². The number of carbonyl (C=O) groups is 1. The van der Waals surface area contributed by atoms with E-state index < -0.39 is 0 Å². The summed E-state index contributed by atoms with van der Waals surface area (Å²) in [7, 11) is 0. The van der Waals surface area contributed by atoms with Gasteiger partial charge in [0.2, 0.25) is 5.91 Å². The third kappa shape index (κ3) is 2.21. The molecule has 0 radical (unpaired) electrons. The van der Waals surface area contributed by atoms with Gasteiger partial charge in [-0.2, -0.15) is 0 Å². The van der Waals surface area contributed by atoms with Crippen LogP contribution in [-0.4, -0.2) is 22.0 Å². The number of hydrogen-bond acceptors (Lipinski definition) is 2. The number of halogens is 2. The average Bonchev–Trinajstić information content (AvgIpc) is 2.67. The Hall–Kier alpha value is -1.21. The number of amides is 1. The van der Waals surface area contributed by atoms with Crippen molar-refractivity contribution in [3.05, 3.63) is 27.2 Å². The van der Waals surface area contributed by atoms with Gasteiger partial charge < -0.3 is 14.9 Å². The number of piperidine rings is 1. The second kappa shape index (κ2) is 4.72. The number of carbonyl (C=O) groups excluding carboxylic acids is 1. The van der Waals surface area contributed by atoms with Crippen molar-refractivity contribution in [2.24, 2.45) is 0 Å². The number of hydrogen-bond donors (Lipinski definition) is 2. The molecule has 2 N–H and O–H groups in total. The lowest BCUT2D eigenvalue weighted by Crippen LogP contribution is -2.36. The van der Waals surface area contributed by atoms with Crippen molar-refractivity contribution in [2.45, 2.75) is 18.9 Å². The summed E-state index contributed by atoms with van der Waals surface area (Å²) in [5.41, 5.74) is 1.52. The second-order valence-electron chi connectivity index (χ2n) is 4.58. The SMILES string of the molecule is O=C1CCC(n2c(=S)[nH]c3cc(Br)c(F)cc32)CN1. The van der Waals surface area contributed by atoms with Crippen LogP contribution < -0.4 is 5.32 Å². The molecule has 1 aliphatic rings. The van der Waals surface area contributed by atoms with Crippen molar-refractivity contribution >= 4 is 45.1 Å². The van der Waals surface area contributed by atoms with Gasteiger partial charge in [-0.1, -0.05) is 0 Å². The highest BCUT2D eigenvalue weighted by atomic mass is 79.9. The monoisotopic (exact) mass is 343 g/mol. The summed E-state index contributed by atoms with van der Waals surface area (Å²) in [5.74, 6) is -0.272. The number of imidazole rings is 1. The van der Waals surface area contributed by atoms with E-state index in [0.717, 1.165) is 11.0 Å². The number of aromatic amines is 1. The van der Waals surface area contributed by atoms with Crippen molar-refractivity contribution in [1.29, 1.82) is 0 Å². The Morgan fingerprint density at radius 1 is 1.47 bits per heavy atom. The van der Waals surface area contributed by atoms with Crippen molar-refractivity contribution in [3.63, 3.8) is 0 Å². The Balaban J connectivity index is 2.12. The first kappa shape index (κ1) is 12.8. The minimum atomic E-state index is -0.324. The molecule has 2 aromatic rings. The molecule has 1 saturated heterocycles. The van der Waals surface area contributed by atoms with Crippen molar-refractivity contribution in [2.75, 3.05) is 6.54 Å². The van der Waals surface area contributed by atoms with E-state index in [0.29, 0.717) is 28.6 Å². The van der Waals surface area contributed by atoms with Crippen molar-refractivity contribution in [1.82, 2.24) is 14.9 Å². The minimum Gasteiger partial charge on any atom is -0.354 e. The van der Waals surface area contributed by atoms with Gasteiger partial charge in [-0.05, 0) is 40.6 Å². The van der Waals surface area contributed by atoms with Crippen LogP contribution in [0.15, 0.2) is 16.6 Å². The lowest BCUT2D eigenvalue weighted by atomic mass is 10.1. The second-order valence-corrected chi connectivity index (χ2v) is 5.82. The predicted octanol–water partition coefficient (Wildman–Crippen LogP) is 3.05. The van der Waals surface area contributed by atoms with Crippen LogP contribution in [0.5, 0.6) is 0 Å². The Labute approximate surface area is 122 Å². The lowest BCUT2D eigenvalue weighted by molar-refractivity contribution is -0.122. The molecule has 1 aliphatic heterocycles. The van der Waals surface area contributed by atoms with Crippen LogP contribution in [0.3, 0.4) is 0 Å². The zero-order chi connectivity index (χ0) is 13.6. The van der Waals surface area contributed by atoms with Gasteiger partial charge >= 0.3 is 0 Å². The normalized spacial score (nSPS) is 19.7. The van der Waals surface area contributed by atoms with E-state index >= 15 is 0 Å². The molecule has 1 aromatic heterocycles. The van der Waals surface area contributed by atoms with Crippen LogP contribution in [0, 0.1) is 10.6 Å². The molecule has 0 bridgehead atoms.